The van der Waals surface area contributed by atoms with Crippen LogP contribution in [0.2, 0.25) is 0 Å². The van der Waals surface area contributed by atoms with Gasteiger partial charge in [-0.15, -0.1) is 0 Å². The molecule has 2 unspecified atom stereocenters. The highest BCUT2D eigenvalue weighted by Crippen LogP contribution is 2.23. The van der Waals surface area contributed by atoms with Crippen molar-refractivity contribution < 1.29 is 40.1 Å². The maximum Gasteiger partial charge on any atom is 0.187 e. The zero-order chi connectivity index (χ0) is 20.9. The second-order valence-electron chi connectivity index (χ2n) is 6.08. The fraction of sp³-hybridized carbons (Fsp3) is 0.600. The summed E-state index contributed by atoms with van der Waals surface area (Å²) in [5.74, 6) is 10.2. The topological polar surface area (TPSA) is 140 Å². The van der Waals surface area contributed by atoms with E-state index in [9.17, 15) is 25.5 Å². The molecule has 156 valence electrons. The van der Waals surface area contributed by atoms with Gasteiger partial charge in [-0.25, -0.2) is 0 Å². The Balaban J connectivity index is 2.92. The third-order valence-electron chi connectivity index (χ3n) is 3.91. The van der Waals surface area contributed by atoms with Crippen molar-refractivity contribution in [1.29, 1.82) is 0 Å². The Bertz CT molecular complexity index is 622. The number of hydrogen-bond donors (Lipinski definition) is 6. The first-order chi connectivity index (χ1) is 13.5. The molecule has 7 atom stereocenters. The molecule has 8 nitrogen and oxygen atoms in total. The van der Waals surface area contributed by atoms with Gasteiger partial charge in [0, 0.05) is 6.61 Å². The molecule has 1 fully saturated rings. The number of aliphatic hydroxyl groups excluding tert-OH is 6. The van der Waals surface area contributed by atoms with Gasteiger partial charge in [0.05, 0.1) is 6.61 Å². The Morgan fingerprint density at radius 1 is 1.11 bits per heavy atom. The maximum absolute atomic E-state index is 10.3. The third kappa shape index (κ3) is 7.72. The van der Waals surface area contributed by atoms with Crippen LogP contribution in [0.1, 0.15) is 19.8 Å². The molecule has 1 aliphatic rings. The molecule has 0 radical (unpaired) electrons. The molecule has 1 saturated heterocycles. The van der Waals surface area contributed by atoms with Gasteiger partial charge in [-0.3, -0.25) is 0 Å². The number of unbranched alkanes of at least 4 members (excludes halogenated alkanes) is 1. The number of hydrogen-bond acceptors (Lipinski definition) is 8. The predicted molar refractivity (Wildman–Crippen MR) is 100 cm³/mol. The van der Waals surface area contributed by atoms with Crippen molar-refractivity contribution in [3.63, 3.8) is 0 Å². The van der Waals surface area contributed by atoms with Crippen LogP contribution in [0.3, 0.4) is 0 Å². The second kappa shape index (κ2) is 13.5. The van der Waals surface area contributed by atoms with Crippen LogP contribution in [0.25, 0.3) is 0 Å². The second-order valence-corrected chi connectivity index (χ2v) is 6.08. The average molecular weight is 396 g/mol. The van der Waals surface area contributed by atoms with Gasteiger partial charge in [-0.05, 0) is 37.7 Å². The maximum atomic E-state index is 10.3. The summed E-state index contributed by atoms with van der Waals surface area (Å²) in [6, 6.07) is 0. The van der Waals surface area contributed by atoms with Gasteiger partial charge in [0.25, 0.3) is 0 Å². The molecule has 0 saturated carbocycles. The summed E-state index contributed by atoms with van der Waals surface area (Å²) >= 11 is 0. The number of aliphatic hydroxyl groups is 6. The fourth-order valence-electron chi connectivity index (χ4n) is 2.35. The molecule has 6 N–H and O–H groups in total. The lowest BCUT2D eigenvalue weighted by Crippen LogP contribution is -2.60. The minimum atomic E-state index is -1.60. The minimum Gasteiger partial charge on any atom is -0.396 e. The summed E-state index contributed by atoms with van der Waals surface area (Å²) in [6.07, 6.45) is -2.07. The zero-order valence-electron chi connectivity index (χ0n) is 15.7. The molecular formula is C20H28O8. The summed E-state index contributed by atoms with van der Waals surface area (Å²) < 4.78 is 10.9. The van der Waals surface area contributed by atoms with Gasteiger partial charge in [0.1, 0.15) is 36.6 Å². The highest BCUT2D eigenvalue weighted by molar-refractivity contribution is 5.32. The van der Waals surface area contributed by atoms with Crippen molar-refractivity contribution >= 4 is 0 Å². The summed E-state index contributed by atoms with van der Waals surface area (Å²) in [7, 11) is 0. The van der Waals surface area contributed by atoms with E-state index in [1.54, 1.807) is 25.2 Å². The van der Waals surface area contributed by atoms with Crippen molar-refractivity contribution in [2.45, 2.75) is 62.7 Å². The van der Waals surface area contributed by atoms with E-state index in [1.165, 1.54) is 6.08 Å². The van der Waals surface area contributed by atoms with Crippen LogP contribution in [0.15, 0.2) is 24.3 Å². The standard InChI is InChI=1S/C20H28O8/c1-2-3-4-5-7-10-14(23)15(11-8-6-9-12-21)27-20-19(26)18(25)17(24)16(13-22)28-20/h2-3,8,11,14-26H,6,9,12-13H2,1H3/b3-2+,11-8+/t14?,15?,16-,17-,18+,19-,20+/m1/s1. The van der Waals surface area contributed by atoms with Crippen molar-refractivity contribution in [1.82, 2.24) is 0 Å². The van der Waals surface area contributed by atoms with Crippen LogP contribution in [0, 0.1) is 23.7 Å². The van der Waals surface area contributed by atoms with Crippen molar-refractivity contribution in [2.75, 3.05) is 13.2 Å². The van der Waals surface area contributed by atoms with E-state index in [1.807, 2.05) is 0 Å². The van der Waals surface area contributed by atoms with Crippen LogP contribution in [0.4, 0.5) is 0 Å². The van der Waals surface area contributed by atoms with Crippen LogP contribution in [0.5, 0.6) is 0 Å². The molecule has 0 aromatic heterocycles. The highest BCUT2D eigenvalue weighted by Gasteiger charge is 2.45. The summed E-state index contributed by atoms with van der Waals surface area (Å²) in [5, 5.41) is 58.2. The first kappa shape index (κ1) is 24.3. The van der Waals surface area contributed by atoms with E-state index in [2.05, 4.69) is 23.7 Å². The molecule has 1 heterocycles. The number of allylic oxidation sites excluding steroid dienone is 3. The van der Waals surface area contributed by atoms with Crippen molar-refractivity contribution in [2.24, 2.45) is 0 Å². The molecule has 0 aliphatic carbocycles. The van der Waals surface area contributed by atoms with E-state index < -0.39 is 49.5 Å². The van der Waals surface area contributed by atoms with Crippen LogP contribution in [-0.2, 0) is 9.47 Å². The van der Waals surface area contributed by atoms with Crippen LogP contribution >= 0.6 is 0 Å². The molecule has 1 aliphatic heterocycles. The zero-order valence-corrected chi connectivity index (χ0v) is 15.7. The molecule has 0 aromatic carbocycles. The smallest absolute Gasteiger partial charge is 0.187 e. The minimum absolute atomic E-state index is 0.00543. The first-order valence-corrected chi connectivity index (χ1v) is 9.00. The van der Waals surface area contributed by atoms with Gasteiger partial charge in [0.2, 0.25) is 0 Å². The predicted octanol–water partition coefficient (Wildman–Crippen LogP) is -1.56. The Morgan fingerprint density at radius 2 is 1.86 bits per heavy atom. The van der Waals surface area contributed by atoms with E-state index in [4.69, 9.17) is 14.6 Å². The monoisotopic (exact) mass is 396 g/mol. The summed E-state index contributed by atoms with van der Waals surface area (Å²) in [6.45, 7) is 1.22. The summed E-state index contributed by atoms with van der Waals surface area (Å²) in [4.78, 5) is 0. The van der Waals surface area contributed by atoms with Gasteiger partial charge in [0.15, 0.2) is 6.29 Å². The Hall–Kier alpha value is -1.72. The summed E-state index contributed by atoms with van der Waals surface area (Å²) in [5.41, 5.74) is 0. The molecule has 0 bridgehead atoms. The van der Waals surface area contributed by atoms with Crippen molar-refractivity contribution in [3.8, 4) is 23.7 Å². The van der Waals surface area contributed by atoms with Gasteiger partial charge in [-0.1, -0.05) is 30.1 Å². The molecule has 1 rings (SSSR count). The fourth-order valence-corrected chi connectivity index (χ4v) is 2.35. The normalized spacial score (nSPS) is 29.8. The Morgan fingerprint density at radius 3 is 2.50 bits per heavy atom. The van der Waals surface area contributed by atoms with Gasteiger partial charge < -0.3 is 40.1 Å². The number of ether oxygens (including phenoxy) is 2. The van der Waals surface area contributed by atoms with Gasteiger partial charge in [-0.2, -0.15) is 0 Å². The van der Waals surface area contributed by atoms with Crippen molar-refractivity contribution in [3.05, 3.63) is 24.3 Å². The first-order valence-electron chi connectivity index (χ1n) is 9.00. The quantitative estimate of drug-likeness (QED) is 0.165. The lowest BCUT2D eigenvalue weighted by molar-refractivity contribution is -0.311. The molecule has 0 amide bonds. The molecular weight excluding hydrogens is 368 g/mol. The number of rotatable bonds is 8. The lowest BCUT2D eigenvalue weighted by atomic mass is 9.99. The SMILES string of the molecule is C/C=C/C#CC#CC(O)C(/C=C/CCCO)O[C@H]1O[C@H](CO)[C@@H](O)[C@H](O)[C@H]1O. The average Bonchev–Trinajstić information content (AvgIpc) is 2.69. The molecule has 0 aromatic rings. The molecule has 0 spiro atoms. The van der Waals surface area contributed by atoms with Crippen LogP contribution < -0.4 is 0 Å². The van der Waals surface area contributed by atoms with Gasteiger partial charge >= 0.3 is 0 Å². The molecule has 8 heteroatoms. The van der Waals surface area contributed by atoms with E-state index in [0.717, 1.165) is 0 Å². The van der Waals surface area contributed by atoms with E-state index >= 15 is 0 Å². The lowest BCUT2D eigenvalue weighted by Gasteiger charge is -2.40. The Labute approximate surface area is 164 Å². The third-order valence-corrected chi connectivity index (χ3v) is 3.91. The molecule has 28 heavy (non-hydrogen) atoms. The Kier molecular flexibility index (Phi) is 11.7. The highest BCUT2D eigenvalue weighted by atomic mass is 16.7. The largest absolute Gasteiger partial charge is 0.396 e. The van der Waals surface area contributed by atoms with E-state index in [0.29, 0.717) is 12.8 Å². The van der Waals surface area contributed by atoms with Crippen LogP contribution in [-0.4, -0.2) is 86.8 Å². The van der Waals surface area contributed by atoms with E-state index in [-0.39, 0.29) is 6.61 Å².